The van der Waals surface area contributed by atoms with E-state index >= 15 is 0 Å². The van der Waals surface area contributed by atoms with Crippen LogP contribution in [0.15, 0.2) is 42.5 Å². The lowest BCUT2D eigenvalue weighted by atomic mass is 9.95. The first-order valence-electron chi connectivity index (χ1n) is 10.3. The van der Waals surface area contributed by atoms with Crippen LogP contribution in [0.1, 0.15) is 28.8 Å². The lowest BCUT2D eigenvalue weighted by molar-refractivity contribution is -0.121. The quantitative estimate of drug-likeness (QED) is 0.605. The fraction of sp³-hybridized carbons (Fsp3) is 0.391. The zero-order valence-corrected chi connectivity index (χ0v) is 18.3. The molecule has 0 aromatic heterocycles. The fourth-order valence-electron chi connectivity index (χ4n) is 3.65. The van der Waals surface area contributed by atoms with Gasteiger partial charge >= 0.3 is 0 Å². The number of rotatable bonds is 8. The number of carbonyl (C=O) groups excluding carboxylic acids is 2. The van der Waals surface area contributed by atoms with E-state index in [1.54, 1.807) is 43.5 Å². The molecule has 1 aliphatic rings. The molecule has 2 N–H and O–H groups in total. The number of nitrogens with one attached hydrogen (secondary N) is 2. The van der Waals surface area contributed by atoms with Gasteiger partial charge in [0.05, 0.1) is 17.9 Å². The summed E-state index contributed by atoms with van der Waals surface area (Å²) in [5.74, 6) is -0.852. The van der Waals surface area contributed by atoms with Crippen LogP contribution in [0.3, 0.4) is 0 Å². The highest BCUT2D eigenvalue weighted by Crippen LogP contribution is 2.25. The summed E-state index contributed by atoms with van der Waals surface area (Å²) >= 11 is 6.13. The molecule has 1 saturated heterocycles. The van der Waals surface area contributed by atoms with Crippen LogP contribution in [-0.4, -0.2) is 50.1 Å². The van der Waals surface area contributed by atoms with E-state index in [-0.39, 0.29) is 23.5 Å². The molecule has 1 heterocycles. The van der Waals surface area contributed by atoms with Gasteiger partial charge in [0.1, 0.15) is 5.82 Å². The Kier molecular flexibility index (Phi) is 8.40. The minimum absolute atomic E-state index is 0.110. The number of carbonyl (C=O) groups is 2. The van der Waals surface area contributed by atoms with Crippen molar-refractivity contribution >= 4 is 29.1 Å². The smallest absolute Gasteiger partial charge is 0.253 e. The molecule has 0 unspecified atom stereocenters. The van der Waals surface area contributed by atoms with E-state index in [2.05, 4.69) is 15.5 Å². The Bertz CT molecular complexity index is 896. The van der Waals surface area contributed by atoms with Crippen LogP contribution in [0, 0.1) is 11.7 Å². The number of amides is 2. The number of piperidine rings is 1. The van der Waals surface area contributed by atoms with Crippen LogP contribution < -0.4 is 10.6 Å². The summed E-state index contributed by atoms with van der Waals surface area (Å²) in [6, 6.07) is 11.6. The highest BCUT2D eigenvalue weighted by atomic mass is 35.5. The van der Waals surface area contributed by atoms with Crippen molar-refractivity contribution in [2.75, 3.05) is 38.7 Å². The number of methoxy groups -OCH3 is 1. The van der Waals surface area contributed by atoms with E-state index in [0.717, 1.165) is 0 Å². The van der Waals surface area contributed by atoms with Gasteiger partial charge in [-0.3, -0.25) is 14.5 Å². The molecule has 0 radical (unpaired) electrons. The number of anilines is 1. The molecular formula is C23H27ClFN3O3. The Morgan fingerprint density at radius 2 is 1.90 bits per heavy atom. The summed E-state index contributed by atoms with van der Waals surface area (Å²) in [4.78, 5) is 27.3. The van der Waals surface area contributed by atoms with Crippen LogP contribution in [0.4, 0.5) is 10.1 Å². The first kappa shape index (κ1) is 23.2. The lowest BCUT2D eigenvalue weighted by Crippen LogP contribution is -2.38. The number of likely N-dealkylation sites (tertiary alicyclic amines) is 1. The Balaban J connectivity index is 1.55. The van der Waals surface area contributed by atoms with Gasteiger partial charge in [-0.05, 0) is 50.2 Å². The number of ether oxygens (including phenoxy) is 1. The van der Waals surface area contributed by atoms with Gasteiger partial charge in [0.2, 0.25) is 5.91 Å². The molecule has 0 aliphatic carbocycles. The van der Waals surface area contributed by atoms with E-state index in [1.807, 2.05) is 0 Å². The molecule has 2 amide bonds. The standard InChI is InChI=1S/C23H27ClFN3O3/c1-31-14-11-26-23(30)17-5-2-3-8-21(17)27-22(29)16-9-12-28(13-10-16)15-18-19(24)6-4-7-20(18)25/h2-8,16H,9-15H2,1H3,(H,26,30)(H,27,29). The Morgan fingerprint density at radius 3 is 2.61 bits per heavy atom. The van der Waals surface area contributed by atoms with Crippen LogP contribution in [0.25, 0.3) is 0 Å². The van der Waals surface area contributed by atoms with E-state index in [4.69, 9.17) is 16.3 Å². The van der Waals surface area contributed by atoms with Gasteiger partial charge in [0.25, 0.3) is 5.91 Å². The summed E-state index contributed by atoms with van der Waals surface area (Å²) in [6.07, 6.45) is 1.31. The Morgan fingerprint density at radius 1 is 1.16 bits per heavy atom. The maximum atomic E-state index is 14.0. The molecule has 0 saturated carbocycles. The summed E-state index contributed by atoms with van der Waals surface area (Å²) in [5, 5.41) is 6.09. The maximum absolute atomic E-state index is 14.0. The van der Waals surface area contributed by atoms with Crippen molar-refractivity contribution in [1.82, 2.24) is 10.2 Å². The predicted molar refractivity (Wildman–Crippen MR) is 119 cm³/mol. The van der Waals surface area contributed by atoms with Gasteiger partial charge in [-0.25, -0.2) is 4.39 Å². The van der Waals surface area contributed by atoms with Crippen molar-refractivity contribution in [2.45, 2.75) is 19.4 Å². The maximum Gasteiger partial charge on any atom is 0.253 e. The Hall–Kier alpha value is -2.48. The second kappa shape index (κ2) is 11.2. The number of hydrogen-bond acceptors (Lipinski definition) is 4. The van der Waals surface area contributed by atoms with Gasteiger partial charge in [-0.15, -0.1) is 0 Å². The van der Waals surface area contributed by atoms with Crippen molar-refractivity contribution < 1.29 is 18.7 Å². The number of hydrogen-bond donors (Lipinski definition) is 2. The van der Waals surface area contributed by atoms with Gasteiger partial charge < -0.3 is 15.4 Å². The number of halogens is 2. The molecule has 31 heavy (non-hydrogen) atoms. The largest absolute Gasteiger partial charge is 0.383 e. The third kappa shape index (κ3) is 6.26. The van der Waals surface area contributed by atoms with Crippen molar-refractivity contribution in [3.05, 3.63) is 64.4 Å². The molecule has 0 atom stereocenters. The molecule has 0 spiro atoms. The molecule has 1 fully saturated rings. The number of benzene rings is 2. The highest BCUT2D eigenvalue weighted by molar-refractivity contribution is 6.31. The van der Waals surface area contributed by atoms with Gasteiger partial charge in [0, 0.05) is 36.7 Å². The SMILES string of the molecule is COCCNC(=O)c1ccccc1NC(=O)C1CCN(Cc2c(F)cccc2Cl)CC1. The van der Waals surface area contributed by atoms with Crippen molar-refractivity contribution in [3.63, 3.8) is 0 Å². The second-order valence-corrected chi connectivity index (χ2v) is 7.94. The number of nitrogens with zero attached hydrogens (tertiary/aromatic N) is 1. The lowest BCUT2D eigenvalue weighted by Gasteiger charge is -2.31. The zero-order valence-electron chi connectivity index (χ0n) is 17.5. The first-order valence-corrected chi connectivity index (χ1v) is 10.7. The molecule has 8 heteroatoms. The molecule has 2 aromatic carbocycles. The molecule has 166 valence electrons. The average molecular weight is 448 g/mol. The van der Waals surface area contributed by atoms with E-state index in [1.165, 1.54) is 6.07 Å². The monoisotopic (exact) mass is 447 g/mol. The molecule has 3 rings (SSSR count). The minimum atomic E-state index is -0.312. The average Bonchev–Trinajstić information content (AvgIpc) is 2.77. The van der Waals surface area contributed by atoms with Crippen LogP contribution in [0.5, 0.6) is 0 Å². The van der Waals surface area contributed by atoms with Gasteiger partial charge in [-0.1, -0.05) is 29.8 Å². The molecule has 6 nitrogen and oxygen atoms in total. The van der Waals surface area contributed by atoms with Crippen molar-refractivity contribution in [1.29, 1.82) is 0 Å². The summed E-state index contributed by atoms with van der Waals surface area (Å²) in [6.45, 7) is 2.56. The highest BCUT2D eigenvalue weighted by Gasteiger charge is 2.26. The Labute approximate surface area is 186 Å². The zero-order chi connectivity index (χ0) is 22.2. The number of para-hydroxylation sites is 1. The second-order valence-electron chi connectivity index (χ2n) is 7.53. The molecule has 2 aromatic rings. The normalized spacial score (nSPS) is 14.9. The minimum Gasteiger partial charge on any atom is -0.383 e. The van der Waals surface area contributed by atoms with Crippen molar-refractivity contribution in [2.24, 2.45) is 5.92 Å². The van der Waals surface area contributed by atoms with Crippen LogP contribution >= 0.6 is 11.6 Å². The van der Waals surface area contributed by atoms with E-state index in [0.29, 0.717) is 67.5 Å². The van der Waals surface area contributed by atoms with Gasteiger partial charge in [0.15, 0.2) is 0 Å². The predicted octanol–water partition coefficient (Wildman–Crippen LogP) is 3.71. The summed E-state index contributed by atoms with van der Waals surface area (Å²) in [5.41, 5.74) is 1.39. The fourth-order valence-corrected chi connectivity index (χ4v) is 3.87. The van der Waals surface area contributed by atoms with Gasteiger partial charge in [-0.2, -0.15) is 0 Å². The third-order valence-corrected chi connectivity index (χ3v) is 5.78. The topological polar surface area (TPSA) is 70.7 Å². The summed E-state index contributed by atoms with van der Waals surface area (Å²) < 4.78 is 19.0. The van der Waals surface area contributed by atoms with Crippen LogP contribution in [0.2, 0.25) is 5.02 Å². The molecule has 0 bridgehead atoms. The van der Waals surface area contributed by atoms with Crippen LogP contribution in [-0.2, 0) is 16.1 Å². The molecule has 1 aliphatic heterocycles. The first-order chi connectivity index (χ1) is 15.0. The third-order valence-electron chi connectivity index (χ3n) is 5.42. The summed E-state index contributed by atoms with van der Waals surface area (Å²) in [7, 11) is 1.57. The van der Waals surface area contributed by atoms with E-state index in [9.17, 15) is 14.0 Å². The van der Waals surface area contributed by atoms with E-state index < -0.39 is 0 Å². The van der Waals surface area contributed by atoms with Crippen molar-refractivity contribution in [3.8, 4) is 0 Å². The molecular weight excluding hydrogens is 421 g/mol.